The summed E-state index contributed by atoms with van der Waals surface area (Å²) in [7, 11) is 0. The van der Waals surface area contributed by atoms with Crippen molar-refractivity contribution in [1.29, 1.82) is 0 Å². The molecule has 1 amide bonds. The highest BCUT2D eigenvalue weighted by atomic mass is 16.2. The minimum Gasteiger partial charge on any atom is -0.341 e. The molecule has 2 atom stereocenters. The average molecular weight is 170 g/mol. The Bertz CT molecular complexity index is 168. The maximum absolute atomic E-state index is 11.4. The molecule has 1 heterocycles. The standard InChI is InChI=1S/C9H18N2O/c1-3-8-4-5-11(6-8)9(12)7(2)10/h7-8H,3-6,10H2,1-2H3. The Morgan fingerprint density at radius 2 is 2.42 bits per heavy atom. The molecule has 0 aromatic rings. The van der Waals surface area contributed by atoms with E-state index in [9.17, 15) is 4.79 Å². The number of hydrogen-bond acceptors (Lipinski definition) is 2. The predicted molar refractivity (Wildman–Crippen MR) is 48.6 cm³/mol. The Labute approximate surface area is 73.9 Å². The maximum Gasteiger partial charge on any atom is 0.239 e. The van der Waals surface area contributed by atoms with Crippen molar-refractivity contribution in [1.82, 2.24) is 4.90 Å². The lowest BCUT2D eigenvalue weighted by Gasteiger charge is -2.18. The van der Waals surface area contributed by atoms with Gasteiger partial charge in [-0.2, -0.15) is 0 Å². The first-order valence-corrected chi connectivity index (χ1v) is 4.69. The summed E-state index contributed by atoms with van der Waals surface area (Å²) in [6, 6.07) is -0.333. The summed E-state index contributed by atoms with van der Waals surface area (Å²) >= 11 is 0. The monoisotopic (exact) mass is 170 g/mol. The molecular formula is C9H18N2O. The van der Waals surface area contributed by atoms with E-state index in [0.29, 0.717) is 5.92 Å². The van der Waals surface area contributed by atoms with Crippen LogP contribution in [0.5, 0.6) is 0 Å². The summed E-state index contributed by atoms with van der Waals surface area (Å²) < 4.78 is 0. The number of nitrogens with two attached hydrogens (primary N) is 1. The lowest BCUT2D eigenvalue weighted by Crippen LogP contribution is -2.40. The highest BCUT2D eigenvalue weighted by molar-refractivity contribution is 5.81. The van der Waals surface area contributed by atoms with Gasteiger partial charge in [-0.3, -0.25) is 4.79 Å². The number of nitrogens with zero attached hydrogens (tertiary/aromatic N) is 1. The fourth-order valence-electron chi connectivity index (χ4n) is 1.65. The van der Waals surface area contributed by atoms with Crippen LogP contribution >= 0.6 is 0 Å². The van der Waals surface area contributed by atoms with Crippen LogP contribution in [0.15, 0.2) is 0 Å². The summed E-state index contributed by atoms with van der Waals surface area (Å²) in [5.74, 6) is 0.804. The predicted octanol–water partition coefficient (Wildman–Crippen LogP) is 0.592. The van der Waals surface area contributed by atoms with E-state index >= 15 is 0 Å². The van der Waals surface area contributed by atoms with Crippen LogP contribution in [0.25, 0.3) is 0 Å². The van der Waals surface area contributed by atoms with Gasteiger partial charge in [0.2, 0.25) is 5.91 Å². The van der Waals surface area contributed by atoms with Crippen molar-refractivity contribution in [3.63, 3.8) is 0 Å². The number of hydrogen-bond donors (Lipinski definition) is 1. The molecule has 0 bridgehead atoms. The van der Waals surface area contributed by atoms with E-state index in [0.717, 1.165) is 19.5 Å². The normalized spacial score (nSPS) is 25.9. The van der Waals surface area contributed by atoms with Crippen LogP contribution in [0.1, 0.15) is 26.7 Å². The number of carbonyl (C=O) groups excluding carboxylic acids is 1. The molecule has 0 aromatic heterocycles. The Morgan fingerprint density at radius 1 is 1.75 bits per heavy atom. The second kappa shape index (κ2) is 3.90. The van der Waals surface area contributed by atoms with Crippen molar-refractivity contribution in [3.05, 3.63) is 0 Å². The second-order valence-electron chi connectivity index (χ2n) is 3.64. The minimum atomic E-state index is -0.333. The van der Waals surface area contributed by atoms with Gasteiger partial charge in [-0.15, -0.1) is 0 Å². The number of rotatable bonds is 2. The zero-order chi connectivity index (χ0) is 9.14. The van der Waals surface area contributed by atoms with Crippen molar-refractivity contribution in [2.45, 2.75) is 32.7 Å². The molecule has 0 aliphatic carbocycles. The molecule has 1 aliphatic rings. The number of likely N-dealkylation sites (tertiary alicyclic amines) is 1. The van der Waals surface area contributed by atoms with Gasteiger partial charge in [-0.1, -0.05) is 13.3 Å². The van der Waals surface area contributed by atoms with Crippen LogP contribution in [-0.2, 0) is 4.79 Å². The molecule has 0 spiro atoms. The van der Waals surface area contributed by atoms with Crippen molar-refractivity contribution in [2.24, 2.45) is 11.7 Å². The van der Waals surface area contributed by atoms with Crippen LogP contribution in [0, 0.1) is 5.92 Å². The Hall–Kier alpha value is -0.570. The van der Waals surface area contributed by atoms with Crippen LogP contribution < -0.4 is 5.73 Å². The van der Waals surface area contributed by atoms with Gasteiger partial charge < -0.3 is 10.6 Å². The molecule has 2 N–H and O–H groups in total. The van der Waals surface area contributed by atoms with Gasteiger partial charge in [0.15, 0.2) is 0 Å². The SMILES string of the molecule is CCC1CCN(C(=O)C(C)N)C1. The van der Waals surface area contributed by atoms with Crippen LogP contribution in [0.2, 0.25) is 0 Å². The van der Waals surface area contributed by atoms with E-state index in [1.165, 1.54) is 6.42 Å². The molecule has 0 radical (unpaired) electrons. The van der Waals surface area contributed by atoms with E-state index in [1.807, 2.05) is 4.90 Å². The van der Waals surface area contributed by atoms with E-state index in [2.05, 4.69) is 6.92 Å². The highest BCUT2D eigenvalue weighted by Gasteiger charge is 2.26. The van der Waals surface area contributed by atoms with Crippen molar-refractivity contribution in [3.8, 4) is 0 Å². The third-order valence-electron chi connectivity index (χ3n) is 2.56. The molecule has 0 saturated carbocycles. The molecule has 1 saturated heterocycles. The Kier molecular flexibility index (Phi) is 3.09. The molecule has 0 aromatic carbocycles. The summed E-state index contributed by atoms with van der Waals surface area (Å²) in [5, 5.41) is 0. The van der Waals surface area contributed by atoms with Gasteiger partial charge in [-0.05, 0) is 19.3 Å². The lowest BCUT2D eigenvalue weighted by molar-refractivity contribution is -0.131. The topological polar surface area (TPSA) is 46.3 Å². The summed E-state index contributed by atoms with van der Waals surface area (Å²) in [6.45, 7) is 5.74. The third-order valence-corrected chi connectivity index (χ3v) is 2.56. The van der Waals surface area contributed by atoms with Crippen molar-refractivity contribution < 1.29 is 4.79 Å². The third kappa shape index (κ3) is 1.97. The van der Waals surface area contributed by atoms with E-state index < -0.39 is 0 Å². The zero-order valence-corrected chi connectivity index (χ0v) is 7.92. The average Bonchev–Trinajstić information content (AvgIpc) is 2.50. The first kappa shape index (κ1) is 9.52. The lowest BCUT2D eigenvalue weighted by atomic mass is 10.1. The van der Waals surface area contributed by atoms with E-state index in [4.69, 9.17) is 5.73 Å². The molecule has 2 unspecified atom stereocenters. The first-order valence-electron chi connectivity index (χ1n) is 4.69. The van der Waals surface area contributed by atoms with Crippen LogP contribution in [-0.4, -0.2) is 29.9 Å². The molecule has 12 heavy (non-hydrogen) atoms. The van der Waals surface area contributed by atoms with Gasteiger partial charge in [0, 0.05) is 13.1 Å². The number of carbonyl (C=O) groups is 1. The van der Waals surface area contributed by atoms with Gasteiger partial charge in [0.05, 0.1) is 6.04 Å². The summed E-state index contributed by atoms with van der Waals surface area (Å²) in [6.07, 6.45) is 2.32. The molecule has 70 valence electrons. The first-order chi connectivity index (χ1) is 5.65. The van der Waals surface area contributed by atoms with E-state index in [1.54, 1.807) is 6.92 Å². The van der Waals surface area contributed by atoms with Crippen molar-refractivity contribution >= 4 is 5.91 Å². The van der Waals surface area contributed by atoms with Gasteiger partial charge in [0.1, 0.15) is 0 Å². The van der Waals surface area contributed by atoms with E-state index in [-0.39, 0.29) is 11.9 Å². The van der Waals surface area contributed by atoms with Gasteiger partial charge in [-0.25, -0.2) is 0 Å². The van der Waals surface area contributed by atoms with Crippen LogP contribution in [0.3, 0.4) is 0 Å². The molecule has 3 heteroatoms. The highest BCUT2D eigenvalue weighted by Crippen LogP contribution is 2.19. The molecule has 3 nitrogen and oxygen atoms in total. The Balaban J connectivity index is 2.41. The quantitative estimate of drug-likeness (QED) is 0.659. The molecule has 1 fully saturated rings. The zero-order valence-electron chi connectivity index (χ0n) is 7.92. The largest absolute Gasteiger partial charge is 0.341 e. The van der Waals surface area contributed by atoms with Crippen LogP contribution in [0.4, 0.5) is 0 Å². The fourth-order valence-corrected chi connectivity index (χ4v) is 1.65. The summed E-state index contributed by atoms with van der Waals surface area (Å²) in [5.41, 5.74) is 5.51. The molecule has 1 aliphatic heterocycles. The maximum atomic E-state index is 11.4. The van der Waals surface area contributed by atoms with Gasteiger partial charge in [0.25, 0.3) is 0 Å². The van der Waals surface area contributed by atoms with Crippen molar-refractivity contribution in [2.75, 3.05) is 13.1 Å². The minimum absolute atomic E-state index is 0.103. The Morgan fingerprint density at radius 3 is 2.83 bits per heavy atom. The number of amides is 1. The van der Waals surface area contributed by atoms with Gasteiger partial charge >= 0.3 is 0 Å². The molecule has 1 rings (SSSR count). The summed E-state index contributed by atoms with van der Waals surface area (Å²) in [4.78, 5) is 13.3. The fraction of sp³-hybridized carbons (Fsp3) is 0.889. The second-order valence-corrected chi connectivity index (χ2v) is 3.64. The molecular weight excluding hydrogens is 152 g/mol. The smallest absolute Gasteiger partial charge is 0.239 e.